The fourth-order valence-corrected chi connectivity index (χ4v) is 4.89. The number of hydrogen-bond acceptors (Lipinski definition) is 2. The molecule has 1 saturated heterocycles. The average molecular weight is 454 g/mol. The van der Waals surface area contributed by atoms with Gasteiger partial charge in [0.1, 0.15) is 0 Å². The van der Waals surface area contributed by atoms with Crippen molar-refractivity contribution in [3.8, 4) is 0 Å². The predicted molar refractivity (Wildman–Crippen MR) is 122 cm³/mol. The standard InChI is InChI=1S/C23H26Cl2N2O.ClH/c1-16-5-4-6-19-18(16)9-12-27(22(19)15-26-10-2-3-11-26)23(28)14-17-7-8-20(24)21(25)13-17;/h4-8,13,22H,2-3,9-12,14-15H2,1H3;1H. The van der Waals surface area contributed by atoms with E-state index >= 15 is 0 Å². The number of carbonyl (C=O) groups excluding carboxylic acids is 1. The Morgan fingerprint density at radius 1 is 1.07 bits per heavy atom. The van der Waals surface area contributed by atoms with Crippen LogP contribution in [0.15, 0.2) is 36.4 Å². The third-order valence-electron chi connectivity index (χ3n) is 6.07. The molecule has 3 nitrogen and oxygen atoms in total. The molecule has 1 atom stereocenters. The fraction of sp³-hybridized carbons (Fsp3) is 0.435. The lowest BCUT2D eigenvalue weighted by molar-refractivity contribution is -0.133. The minimum absolute atomic E-state index is 0. The highest BCUT2D eigenvalue weighted by molar-refractivity contribution is 6.42. The molecule has 2 aliphatic rings. The van der Waals surface area contributed by atoms with E-state index in [1.807, 2.05) is 6.07 Å². The van der Waals surface area contributed by atoms with Gasteiger partial charge in [-0.25, -0.2) is 0 Å². The molecule has 0 bridgehead atoms. The number of fused-ring (bicyclic) bond motifs is 1. The number of carbonyl (C=O) groups is 1. The monoisotopic (exact) mass is 452 g/mol. The Morgan fingerprint density at radius 3 is 2.55 bits per heavy atom. The van der Waals surface area contributed by atoms with Crippen LogP contribution in [0.1, 0.15) is 41.1 Å². The molecular formula is C23H27Cl3N2O. The van der Waals surface area contributed by atoms with Gasteiger partial charge >= 0.3 is 0 Å². The average Bonchev–Trinajstić information content (AvgIpc) is 3.18. The van der Waals surface area contributed by atoms with E-state index < -0.39 is 0 Å². The largest absolute Gasteiger partial charge is 0.334 e. The quantitative estimate of drug-likeness (QED) is 0.611. The molecule has 2 aromatic rings. The number of nitrogens with zero attached hydrogens (tertiary/aromatic N) is 2. The Morgan fingerprint density at radius 2 is 1.83 bits per heavy atom. The normalized spacial score (nSPS) is 19.0. The van der Waals surface area contributed by atoms with E-state index in [4.69, 9.17) is 23.2 Å². The van der Waals surface area contributed by atoms with Gasteiger partial charge in [-0.05, 0) is 73.7 Å². The van der Waals surface area contributed by atoms with Crippen LogP contribution in [0.5, 0.6) is 0 Å². The van der Waals surface area contributed by atoms with Crippen molar-refractivity contribution in [2.24, 2.45) is 0 Å². The molecule has 29 heavy (non-hydrogen) atoms. The van der Waals surface area contributed by atoms with Gasteiger partial charge in [-0.1, -0.05) is 47.5 Å². The summed E-state index contributed by atoms with van der Waals surface area (Å²) in [5.41, 5.74) is 4.99. The number of halogens is 3. The lowest BCUT2D eigenvalue weighted by Crippen LogP contribution is -2.45. The maximum atomic E-state index is 13.3. The van der Waals surface area contributed by atoms with Crippen molar-refractivity contribution in [2.75, 3.05) is 26.2 Å². The Balaban J connectivity index is 0.00000240. The second-order valence-corrected chi connectivity index (χ2v) is 8.74. The molecule has 2 aromatic carbocycles. The predicted octanol–water partition coefficient (Wildman–Crippen LogP) is 5.49. The lowest BCUT2D eigenvalue weighted by Gasteiger charge is -2.40. The van der Waals surface area contributed by atoms with Crippen LogP contribution in [0.3, 0.4) is 0 Å². The van der Waals surface area contributed by atoms with Crippen LogP contribution in [0.2, 0.25) is 10.0 Å². The van der Waals surface area contributed by atoms with E-state index in [1.54, 1.807) is 12.1 Å². The summed E-state index contributed by atoms with van der Waals surface area (Å²) < 4.78 is 0. The minimum Gasteiger partial charge on any atom is -0.334 e. The van der Waals surface area contributed by atoms with Crippen molar-refractivity contribution in [3.63, 3.8) is 0 Å². The summed E-state index contributed by atoms with van der Waals surface area (Å²) in [6.07, 6.45) is 3.79. The molecule has 1 amide bonds. The number of hydrogen-bond donors (Lipinski definition) is 0. The van der Waals surface area contributed by atoms with Crippen molar-refractivity contribution >= 4 is 41.5 Å². The molecule has 0 N–H and O–H groups in total. The van der Waals surface area contributed by atoms with Crippen LogP contribution in [0.25, 0.3) is 0 Å². The van der Waals surface area contributed by atoms with Gasteiger partial charge in [-0.3, -0.25) is 4.79 Å². The first kappa shape index (κ1) is 22.4. The molecule has 4 rings (SSSR count). The van der Waals surface area contributed by atoms with Crippen molar-refractivity contribution < 1.29 is 4.79 Å². The summed E-state index contributed by atoms with van der Waals surface area (Å²) >= 11 is 12.2. The van der Waals surface area contributed by atoms with Gasteiger partial charge < -0.3 is 9.80 Å². The summed E-state index contributed by atoms with van der Waals surface area (Å²) in [7, 11) is 0. The van der Waals surface area contributed by atoms with E-state index in [-0.39, 0.29) is 24.4 Å². The van der Waals surface area contributed by atoms with E-state index in [0.717, 1.165) is 38.2 Å². The Bertz CT molecular complexity index is 880. The summed E-state index contributed by atoms with van der Waals surface area (Å²) in [6, 6.07) is 12.1. The Kier molecular flexibility index (Phi) is 7.50. The smallest absolute Gasteiger partial charge is 0.227 e. The van der Waals surface area contributed by atoms with Gasteiger partial charge in [0.15, 0.2) is 0 Å². The zero-order chi connectivity index (χ0) is 19.7. The number of rotatable bonds is 4. The molecule has 0 radical (unpaired) electrons. The van der Waals surface area contributed by atoms with E-state index in [9.17, 15) is 4.79 Å². The molecular weight excluding hydrogens is 427 g/mol. The molecule has 1 fully saturated rings. The van der Waals surface area contributed by atoms with E-state index in [0.29, 0.717) is 16.5 Å². The van der Waals surface area contributed by atoms with Gasteiger partial charge in [0.2, 0.25) is 5.91 Å². The first-order chi connectivity index (χ1) is 13.5. The maximum Gasteiger partial charge on any atom is 0.227 e. The second-order valence-electron chi connectivity index (χ2n) is 7.93. The maximum absolute atomic E-state index is 13.3. The van der Waals surface area contributed by atoms with Gasteiger partial charge in [-0.15, -0.1) is 12.4 Å². The van der Waals surface area contributed by atoms with E-state index in [1.165, 1.54) is 29.5 Å². The van der Waals surface area contributed by atoms with Crippen molar-refractivity contribution in [1.29, 1.82) is 0 Å². The highest BCUT2D eigenvalue weighted by atomic mass is 35.5. The third kappa shape index (κ3) is 4.91. The fourth-order valence-electron chi connectivity index (χ4n) is 4.57. The summed E-state index contributed by atoms with van der Waals surface area (Å²) in [5.74, 6) is 0.162. The molecule has 2 aliphatic heterocycles. The van der Waals surface area contributed by atoms with Crippen LogP contribution >= 0.6 is 35.6 Å². The molecule has 0 aliphatic carbocycles. The lowest BCUT2D eigenvalue weighted by atomic mass is 9.88. The summed E-state index contributed by atoms with van der Waals surface area (Å²) in [4.78, 5) is 17.9. The van der Waals surface area contributed by atoms with Crippen molar-refractivity contribution in [1.82, 2.24) is 9.80 Å². The molecule has 156 valence electrons. The molecule has 0 aromatic heterocycles. The molecule has 1 unspecified atom stereocenters. The topological polar surface area (TPSA) is 23.6 Å². The first-order valence-corrected chi connectivity index (χ1v) is 10.8. The SMILES string of the molecule is Cc1cccc2c1CCN(C(=O)Cc1ccc(Cl)c(Cl)c1)C2CN1CCCC1.Cl. The molecule has 2 heterocycles. The van der Waals surface area contributed by atoms with Crippen LogP contribution in [-0.4, -0.2) is 41.9 Å². The minimum atomic E-state index is 0. The first-order valence-electron chi connectivity index (χ1n) is 10.1. The Hall–Kier alpha value is -1.26. The number of aryl methyl sites for hydroxylation is 1. The van der Waals surface area contributed by atoms with Gasteiger partial charge in [0.05, 0.1) is 22.5 Å². The van der Waals surface area contributed by atoms with Crippen LogP contribution < -0.4 is 0 Å². The summed E-state index contributed by atoms with van der Waals surface area (Å²) in [5, 5.41) is 1.02. The van der Waals surface area contributed by atoms with Crippen LogP contribution in [0, 0.1) is 6.92 Å². The highest BCUT2D eigenvalue weighted by Crippen LogP contribution is 2.34. The van der Waals surface area contributed by atoms with Gasteiger partial charge in [0.25, 0.3) is 0 Å². The van der Waals surface area contributed by atoms with Gasteiger partial charge in [-0.2, -0.15) is 0 Å². The van der Waals surface area contributed by atoms with Crippen LogP contribution in [0.4, 0.5) is 0 Å². The molecule has 6 heteroatoms. The van der Waals surface area contributed by atoms with E-state index in [2.05, 4.69) is 34.9 Å². The third-order valence-corrected chi connectivity index (χ3v) is 6.81. The number of likely N-dealkylation sites (tertiary alicyclic amines) is 1. The molecule has 0 spiro atoms. The number of amides is 1. The summed E-state index contributed by atoms with van der Waals surface area (Å²) in [6.45, 7) is 6.14. The molecule has 0 saturated carbocycles. The van der Waals surface area contributed by atoms with Crippen LogP contribution in [-0.2, 0) is 17.6 Å². The highest BCUT2D eigenvalue weighted by Gasteiger charge is 2.33. The van der Waals surface area contributed by atoms with Gasteiger partial charge in [0, 0.05) is 13.1 Å². The second kappa shape index (κ2) is 9.70. The zero-order valence-corrected chi connectivity index (χ0v) is 19.0. The number of benzene rings is 2. The zero-order valence-electron chi connectivity index (χ0n) is 16.7. The van der Waals surface area contributed by atoms with Crippen molar-refractivity contribution in [3.05, 3.63) is 68.7 Å². The Labute approximate surface area is 189 Å². The van der Waals surface area contributed by atoms with Crippen molar-refractivity contribution in [2.45, 2.75) is 38.6 Å².